The van der Waals surface area contributed by atoms with Crippen molar-refractivity contribution in [1.82, 2.24) is 0 Å². The Labute approximate surface area is 143 Å². The Balaban J connectivity index is 2.36. The van der Waals surface area contributed by atoms with Crippen molar-refractivity contribution in [2.45, 2.75) is 76.2 Å². The van der Waals surface area contributed by atoms with Crippen LogP contribution in [0.1, 0.15) is 45.4 Å². The molecule has 7 nitrogen and oxygen atoms in total. The van der Waals surface area contributed by atoms with E-state index in [0.717, 1.165) is 25.3 Å². The molecule has 1 rings (SSSR count). The standard InChI is InChI=1S/C17H30O7/c1-3-5-6-7-8-9-10-22-17-16(21)15(20)14(19)12(24-17)11-23-13(18)4-2/h4,12,14-17,19-21H,2-3,5-11H2,1H3/t12-,14-,15+,16-,17+/m1/s1. The van der Waals surface area contributed by atoms with Gasteiger partial charge >= 0.3 is 5.97 Å². The van der Waals surface area contributed by atoms with E-state index < -0.39 is 36.7 Å². The van der Waals surface area contributed by atoms with Gasteiger partial charge in [-0.15, -0.1) is 0 Å². The zero-order valence-corrected chi connectivity index (χ0v) is 14.3. The van der Waals surface area contributed by atoms with Gasteiger partial charge in [-0.2, -0.15) is 0 Å². The molecule has 24 heavy (non-hydrogen) atoms. The summed E-state index contributed by atoms with van der Waals surface area (Å²) in [4.78, 5) is 11.1. The molecule has 0 aromatic heterocycles. The second-order valence-corrected chi connectivity index (χ2v) is 5.99. The lowest BCUT2D eigenvalue weighted by Gasteiger charge is -2.39. The molecule has 0 saturated carbocycles. The van der Waals surface area contributed by atoms with Crippen LogP contribution in [0.25, 0.3) is 0 Å². The second kappa shape index (κ2) is 11.5. The minimum Gasteiger partial charge on any atom is -0.460 e. The third-order valence-corrected chi connectivity index (χ3v) is 4.01. The van der Waals surface area contributed by atoms with Crippen LogP contribution in [0.5, 0.6) is 0 Å². The molecule has 5 atom stereocenters. The quantitative estimate of drug-likeness (QED) is 0.290. The summed E-state index contributed by atoms with van der Waals surface area (Å²) in [5.41, 5.74) is 0. The number of carbonyl (C=O) groups excluding carboxylic acids is 1. The Bertz CT molecular complexity index is 374. The van der Waals surface area contributed by atoms with Crippen LogP contribution in [0, 0.1) is 0 Å². The van der Waals surface area contributed by atoms with E-state index in [0.29, 0.717) is 6.61 Å². The number of carbonyl (C=O) groups is 1. The molecule has 7 heteroatoms. The number of hydrogen-bond acceptors (Lipinski definition) is 7. The van der Waals surface area contributed by atoms with Crippen molar-refractivity contribution in [2.75, 3.05) is 13.2 Å². The smallest absolute Gasteiger partial charge is 0.330 e. The van der Waals surface area contributed by atoms with E-state index in [2.05, 4.69) is 13.5 Å². The minimum atomic E-state index is -1.43. The fraction of sp³-hybridized carbons (Fsp3) is 0.824. The van der Waals surface area contributed by atoms with E-state index in [1.54, 1.807) is 0 Å². The highest BCUT2D eigenvalue weighted by Crippen LogP contribution is 2.23. The van der Waals surface area contributed by atoms with E-state index in [9.17, 15) is 20.1 Å². The maximum absolute atomic E-state index is 11.1. The highest BCUT2D eigenvalue weighted by molar-refractivity contribution is 5.81. The summed E-state index contributed by atoms with van der Waals surface area (Å²) in [6, 6.07) is 0. The van der Waals surface area contributed by atoms with Crippen molar-refractivity contribution in [2.24, 2.45) is 0 Å². The summed E-state index contributed by atoms with van der Waals surface area (Å²) in [5.74, 6) is -0.657. The van der Waals surface area contributed by atoms with Crippen LogP contribution in [0.4, 0.5) is 0 Å². The van der Waals surface area contributed by atoms with Gasteiger partial charge in [0.15, 0.2) is 6.29 Å². The average molecular weight is 346 g/mol. The van der Waals surface area contributed by atoms with E-state index in [4.69, 9.17) is 14.2 Å². The minimum absolute atomic E-state index is 0.257. The van der Waals surface area contributed by atoms with Gasteiger partial charge in [0.05, 0.1) is 0 Å². The van der Waals surface area contributed by atoms with Crippen molar-refractivity contribution in [1.29, 1.82) is 0 Å². The SMILES string of the molecule is C=CC(=O)OC[C@H]1O[C@H](OCCCCCCCC)[C@H](O)[C@@H](O)[C@@H]1O. The van der Waals surface area contributed by atoms with Crippen LogP contribution < -0.4 is 0 Å². The van der Waals surface area contributed by atoms with E-state index in [1.165, 1.54) is 19.3 Å². The van der Waals surface area contributed by atoms with Gasteiger partial charge in [0, 0.05) is 12.7 Å². The predicted molar refractivity (Wildman–Crippen MR) is 87.2 cm³/mol. The molecule has 1 aliphatic rings. The van der Waals surface area contributed by atoms with Crippen LogP contribution in [0.3, 0.4) is 0 Å². The molecule has 1 saturated heterocycles. The first kappa shape index (κ1) is 21.1. The van der Waals surface area contributed by atoms with Crippen molar-refractivity contribution >= 4 is 5.97 Å². The molecule has 0 radical (unpaired) electrons. The lowest BCUT2D eigenvalue weighted by Crippen LogP contribution is -2.59. The van der Waals surface area contributed by atoms with Crippen molar-refractivity contribution in [3.63, 3.8) is 0 Å². The second-order valence-electron chi connectivity index (χ2n) is 5.99. The third-order valence-electron chi connectivity index (χ3n) is 4.01. The van der Waals surface area contributed by atoms with Crippen molar-refractivity contribution < 1.29 is 34.3 Å². The number of hydrogen-bond donors (Lipinski definition) is 3. The van der Waals surface area contributed by atoms with Gasteiger partial charge in [-0.3, -0.25) is 0 Å². The maximum atomic E-state index is 11.1. The molecular formula is C17H30O7. The summed E-state index contributed by atoms with van der Waals surface area (Å²) in [6.45, 7) is 5.56. The van der Waals surface area contributed by atoms with Crippen LogP contribution >= 0.6 is 0 Å². The van der Waals surface area contributed by atoms with E-state index in [-0.39, 0.29) is 6.61 Å². The van der Waals surface area contributed by atoms with Gasteiger partial charge < -0.3 is 29.5 Å². The van der Waals surface area contributed by atoms with Gasteiger partial charge in [0.1, 0.15) is 31.0 Å². The topological polar surface area (TPSA) is 105 Å². The number of aliphatic hydroxyl groups is 3. The number of rotatable bonds is 11. The summed E-state index contributed by atoms with van der Waals surface area (Å²) in [7, 11) is 0. The predicted octanol–water partition coefficient (Wildman–Crippen LogP) is 0.900. The van der Waals surface area contributed by atoms with Gasteiger partial charge in [0.2, 0.25) is 0 Å². The summed E-state index contributed by atoms with van der Waals surface area (Å²) in [6.07, 6.45) is 1.39. The van der Waals surface area contributed by atoms with Crippen LogP contribution in [-0.2, 0) is 19.0 Å². The van der Waals surface area contributed by atoms with Gasteiger partial charge in [-0.25, -0.2) is 4.79 Å². The first-order valence-electron chi connectivity index (χ1n) is 8.61. The summed E-state index contributed by atoms with van der Waals surface area (Å²) < 4.78 is 15.7. The lowest BCUT2D eigenvalue weighted by atomic mass is 9.99. The molecule has 3 N–H and O–H groups in total. The van der Waals surface area contributed by atoms with Gasteiger partial charge in [-0.1, -0.05) is 45.6 Å². The Morgan fingerprint density at radius 3 is 2.42 bits per heavy atom. The summed E-state index contributed by atoms with van der Waals surface area (Å²) >= 11 is 0. The average Bonchev–Trinajstić information content (AvgIpc) is 2.59. The van der Waals surface area contributed by atoms with Crippen molar-refractivity contribution in [3.05, 3.63) is 12.7 Å². The fourth-order valence-corrected chi connectivity index (χ4v) is 2.50. The molecule has 0 amide bonds. The number of unbranched alkanes of at least 4 members (excludes halogenated alkanes) is 5. The van der Waals surface area contributed by atoms with Gasteiger partial charge in [-0.05, 0) is 6.42 Å². The lowest BCUT2D eigenvalue weighted by molar-refractivity contribution is -0.301. The zero-order chi connectivity index (χ0) is 17.9. The number of aliphatic hydroxyl groups excluding tert-OH is 3. The van der Waals surface area contributed by atoms with Crippen LogP contribution in [0.2, 0.25) is 0 Å². The molecule has 1 aliphatic heterocycles. The largest absolute Gasteiger partial charge is 0.460 e. The highest BCUT2D eigenvalue weighted by Gasteiger charge is 2.44. The molecule has 0 spiro atoms. The normalized spacial score (nSPS) is 30.1. The van der Waals surface area contributed by atoms with E-state index >= 15 is 0 Å². The van der Waals surface area contributed by atoms with Crippen molar-refractivity contribution in [3.8, 4) is 0 Å². The monoisotopic (exact) mass is 346 g/mol. The number of ether oxygens (including phenoxy) is 3. The zero-order valence-electron chi connectivity index (χ0n) is 14.3. The molecule has 1 fully saturated rings. The highest BCUT2D eigenvalue weighted by atomic mass is 16.7. The number of esters is 1. The Kier molecular flexibility index (Phi) is 10.1. The Morgan fingerprint density at radius 2 is 1.75 bits per heavy atom. The molecule has 1 heterocycles. The summed E-state index contributed by atoms with van der Waals surface area (Å²) in [5, 5.41) is 29.7. The Morgan fingerprint density at radius 1 is 1.08 bits per heavy atom. The molecule has 0 aliphatic carbocycles. The first-order valence-corrected chi connectivity index (χ1v) is 8.61. The maximum Gasteiger partial charge on any atom is 0.330 e. The molecular weight excluding hydrogens is 316 g/mol. The molecule has 140 valence electrons. The Hall–Kier alpha value is -0.990. The fourth-order valence-electron chi connectivity index (χ4n) is 2.50. The molecule has 0 unspecified atom stereocenters. The van der Waals surface area contributed by atoms with Crippen LogP contribution in [-0.4, -0.2) is 65.2 Å². The molecule has 0 bridgehead atoms. The van der Waals surface area contributed by atoms with Gasteiger partial charge in [0.25, 0.3) is 0 Å². The molecule has 0 aromatic rings. The first-order chi connectivity index (χ1) is 11.5. The third kappa shape index (κ3) is 6.86. The van der Waals surface area contributed by atoms with Crippen LogP contribution in [0.15, 0.2) is 12.7 Å². The van der Waals surface area contributed by atoms with E-state index in [1.807, 2.05) is 0 Å². The molecule has 0 aromatic carbocycles.